The van der Waals surface area contributed by atoms with Crippen molar-refractivity contribution in [2.45, 2.75) is 71.5 Å². The van der Waals surface area contributed by atoms with Crippen molar-refractivity contribution in [3.8, 4) is 0 Å². The molecule has 0 aliphatic heterocycles. The summed E-state index contributed by atoms with van der Waals surface area (Å²) in [7, 11) is -3.57. The zero-order valence-electron chi connectivity index (χ0n) is 24.9. The van der Waals surface area contributed by atoms with E-state index in [1.807, 2.05) is 75.4 Å². The van der Waals surface area contributed by atoms with E-state index in [4.69, 9.17) is 11.6 Å². The van der Waals surface area contributed by atoms with Gasteiger partial charge in [0.2, 0.25) is 21.8 Å². The molecule has 0 aliphatic carbocycles. The normalized spacial score (nSPS) is 12.8. The van der Waals surface area contributed by atoms with Crippen molar-refractivity contribution in [1.29, 1.82) is 0 Å². The van der Waals surface area contributed by atoms with Crippen molar-refractivity contribution in [2.75, 3.05) is 17.1 Å². The van der Waals surface area contributed by atoms with Gasteiger partial charge in [-0.2, -0.15) is 0 Å². The number of anilines is 1. The molecule has 0 radical (unpaired) electrons. The largest absolute Gasteiger partial charge is 0.352 e. The fraction of sp³-hybridized carbons (Fsp3) is 0.394. The number of halogens is 1. The average molecular weight is 612 g/mol. The first kappa shape index (κ1) is 33.1. The van der Waals surface area contributed by atoms with E-state index in [0.717, 1.165) is 29.5 Å². The molecule has 0 aliphatic rings. The number of hydrogen-bond donors (Lipinski definition) is 1. The topological polar surface area (TPSA) is 86.8 Å². The number of nitrogens with zero attached hydrogens (tertiary/aromatic N) is 2. The van der Waals surface area contributed by atoms with Gasteiger partial charge in [0.05, 0.1) is 11.9 Å². The van der Waals surface area contributed by atoms with Crippen LogP contribution in [-0.2, 0) is 39.0 Å². The minimum atomic E-state index is -3.57. The van der Waals surface area contributed by atoms with Gasteiger partial charge in [-0.1, -0.05) is 80.0 Å². The summed E-state index contributed by atoms with van der Waals surface area (Å²) >= 11 is 6.26. The number of nitrogens with one attached hydrogen (secondary N) is 1. The third-order valence-electron chi connectivity index (χ3n) is 7.30. The molecule has 0 heterocycles. The lowest BCUT2D eigenvalue weighted by Crippen LogP contribution is -2.52. The minimum Gasteiger partial charge on any atom is -0.352 e. The van der Waals surface area contributed by atoms with Gasteiger partial charge in [0.15, 0.2) is 0 Å². The molecule has 42 heavy (non-hydrogen) atoms. The first-order valence-electron chi connectivity index (χ1n) is 14.5. The highest BCUT2D eigenvalue weighted by Crippen LogP contribution is 2.22. The molecule has 7 nitrogen and oxygen atoms in total. The Labute approximate surface area is 255 Å². The molecule has 0 aromatic heterocycles. The number of benzene rings is 3. The van der Waals surface area contributed by atoms with E-state index in [9.17, 15) is 18.0 Å². The van der Waals surface area contributed by atoms with Crippen molar-refractivity contribution in [3.05, 3.63) is 101 Å². The number of carbonyl (C=O) groups is 2. The SMILES string of the molecule is CCc1ccc(N(CCCC(=O)N(Cc2cccc(Cl)c2)[C@H](Cc2ccccc2)C(=O)N[C@@H](C)CC)S(C)(=O)=O)cc1. The van der Waals surface area contributed by atoms with Crippen LogP contribution in [0.2, 0.25) is 5.02 Å². The Morgan fingerprint density at radius 3 is 2.17 bits per heavy atom. The monoisotopic (exact) mass is 611 g/mol. The first-order valence-corrected chi connectivity index (χ1v) is 16.7. The van der Waals surface area contributed by atoms with Crippen LogP contribution in [0.3, 0.4) is 0 Å². The molecule has 1 N–H and O–H groups in total. The Bertz CT molecular complexity index is 1410. The van der Waals surface area contributed by atoms with Gasteiger partial charge in [0.1, 0.15) is 6.04 Å². The van der Waals surface area contributed by atoms with E-state index in [2.05, 4.69) is 5.32 Å². The van der Waals surface area contributed by atoms with Crippen LogP contribution >= 0.6 is 11.6 Å². The first-order chi connectivity index (χ1) is 20.0. The smallest absolute Gasteiger partial charge is 0.243 e. The Morgan fingerprint density at radius 1 is 0.905 bits per heavy atom. The number of rotatable bonds is 15. The van der Waals surface area contributed by atoms with Gasteiger partial charge < -0.3 is 10.2 Å². The molecule has 3 rings (SSSR count). The summed E-state index contributed by atoms with van der Waals surface area (Å²) in [4.78, 5) is 29.2. The van der Waals surface area contributed by atoms with Gasteiger partial charge in [-0.05, 0) is 67.1 Å². The molecule has 0 saturated heterocycles. The Morgan fingerprint density at radius 2 is 1.57 bits per heavy atom. The van der Waals surface area contributed by atoms with E-state index in [1.165, 1.54) is 10.6 Å². The zero-order valence-corrected chi connectivity index (χ0v) is 26.5. The maximum absolute atomic E-state index is 13.9. The van der Waals surface area contributed by atoms with Crippen LogP contribution < -0.4 is 9.62 Å². The summed E-state index contributed by atoms with van der Waals surface area (Å²) in [6.45, 7) is 6.31. The Hall–Kier alpha value is -3.36. The van der Waals surface area contributed by atoms with Crippen molar-refractivity contribution < 1.29 is 18.0 Å². The van der Waals surface area contributed by atoms with Crippen molar-refractivity contribution in [2.24, 2.45) is 0 Å². The number of amides is 2. The fourth-order valence-corrected chi connectivity index (χ4v) is 5.91. The second kappa shape index (κ2) is 15.8. The predicted octanol–water partition coefficient (Wildman–Crippen LogP) is 6.00. The molecule has 0 unspecified atom stereocenters. The summed E-state index contributed by atoms with van der Waals surface area (Å²) in [6.07, 6.45) is 3.48. The van der Waals surface area contributed by atoms with Crippen LogP contribution in [0, 0.1) is 0 Å². The van der Waals surface area contributed by atoms with Gasteiger partial charge in [0, 0.05) is 37.0 Å². The highest BCUT2D eigenvalue weighted by atomic mass is 35.5. The molecule has 0 spiro atoms. The third kappa shape index (κ3) is 9.88. The Balaban J connectivity index is 1.88. The molecule has 2 amide bonds. The van der Waals surface area contributed by atoms with Crippen molar-refractivity contribution in [1.82, 2.24) is 10.2 Å². The van der Waals surface area contributed by atoms with E-state index >= 15 is 0 Å². The second-order valence-corrected chi connectivity index (χ2v) is 13.0. The molecular formula is C33H42ClN3O4S. The zero-order chi connectivity index (χ0) is 30.7. The van der Waals surface area contributed by atoms with Crippen LogP contribution in [-0.4, -0.2) is 50.0 Å². The molecule has 2 atom stereocenters. The molecule has 0 saturated carbocycles. The maximum atomic E-state index is 13.9. The third-order valence-corrected chi connectivity index (χ3v) is 8.73. The standard InChI is InChI=1S/C33H42ClN3O4S/c1-5-25(3)35-33(39)31(23-27-12-8-7-9-13-27)36(24-28-14-10-15-29(34)22-28)32(38)16-11-21-37(42(4,40)41)30-19-17-26(6-2)18-20-30/h7-10,12-15,17-20,22,25,31H,5-6,11,16,21,23-24H2,1-4H3,(H,35,39)/t25-,31+/m0/s1. The van der Waals surface area contributed by atoms with E-state index < -0.39 is 16.1 Å². The predicted molar refractivity (Wildman–Crippen MR) is 171 cm³/mol. The quantitative estimate of drug-likeness (QED) is 0.228. The molecule has 3 aromatic carbocycles. The lowest BCUT2D eigenvalue weighted by molar-refractivity contribution is -0.141. The number of sulfonamides is 1. The van der Waals surface area contributed by atoms with Crippen LogP contribution in [0.5, 0.6) is 0 Å². The van der Waals surface area contributed by atoms with Crippen LogP contribution in [0.1, 0.15) is 56.7 Å². The van der Waals surface area contributed by atoms with E-state index in [1.54, 1.807) is 29.2 Å². The van der Waals surface area contributed by atoms with E-state index in [0.29, 0.717) is 23.6 Å². The number of carbonyl (C=O) groups excluding carboxylic acids is 2. The lowest BCUT2D eigenvalue weighted by Gasteiger charge is -2.32. The van der Waals surface area contributed by atoms with Crippen LogP contribution in [0.4, 0.5) is 5.69 Å². The summed E-state index contributed by atoms with van der Waals surface area (Å²) in [5.41, 5.74) is 3.41. The summed E-state index contributed by atoms with van der Waals surface area (Å²) in [6, 6.07) is 23.5. The molecule has 0 bridgehead atoms. The summed E-state index contributed by atoms with van der Waals surface area (Å²) in [5, 5.41) is 3.60. The average Bonchev–Trinajstić information content (AvgIpc) is 2.97. The molecule has 226 valence electrons. The highest BCUT2D eigenvalue weighted by molar-refractivity contribution is 7.92. The van der Waals surface area contributed by atoms with Gasteiger partial charge in [-0.3, -0.25) is 13.9 Å². The highest BCUT2D eigenvalue weighted by Gasteiger charge is 2.31. The number of aryl methyl sites for hydroxylation is 1. The molecule has 0 fully saturated rings. The maximum Gasteiger partial charge on any atom is 0.243 e. The van der Waals surface area contributed by atoms with Crippen LogP contribution in [0.25, 0.3) is 0 Å². The molecule has 9 heteroatoms. The molecular weight excluding hydrogens is 570 g/mol. The minimum absolute atomic E-state index is 0.0543. The van der Waals surface area contributed by atoms with Gasteiger partial charge in [-0.15, -0.1) is 0 Å². The fourth-order valence-electron chi connectivity index (χ4n) is 4.73. The van der Waals surface area contributed by atoms with Gasteiger partial charge in [0.25, 0.3) is 0 Å². The van der Waals surface area contributed by atoms with Gasteiger partial charge in [-0.25, -0.2) is 8.42 Å². The van der Waals surface area contributed by atoms with E-state index in [-0.39, 0.29) is 37.4 Å². The molecule has 3 aromatic rings. The van der Waals surface area contributed by atoms with Crippen molar-refractivity contribution >= 4 is 39.1 Å². The summed E-state index contributed by atoms with van der Waals surface area (Å²) < 4.78 is 26.7. The summed E-state index contributed by atoms with van der Waals surface area (Å²) in [5.74, 6) is -0.456. The lowest BCUT2D eigenvalue weighted by atomic mass is 10.0. The van der Waals surface area contributed by atoms with Gasteiger partial charge >= 0.3 is 0 Å². The van der Waals surface area contributed by atoms with Crippen LogP contribution in [0.15, 0.2) is 78.9 Å². The number of hydrogen-bond acceptors (Lipinski definition) is 4. The second-order valence-electron chi connectivity index (χ2n) is 10.6. The Kier molecular flexibility index (Phi) is 12.4. The van der Waals surface area contributed by atoms with Crippen molar-refractivity contribution in [3.63, 3.8) is 0 Å².